The molecule has 2 heterocycles. The van der Waals surface area contributed by atoms with Gasteiger partial charge in [0.2, 0.25) is 12.3 Å². The van der Waals surface area contributed by atoms with Gasteiger partial charge >= 0.3 is 0 Å². The third-order valence-corrected chi connectivity index (χ3v) is 5.73. The van der Waals surface area contributed by atoms with E-state index < -0.39 is 12.6 Å². The van der Waals surface area contributed by atoms with Crippen LogP contribution >= 0.6 is 23.2 Å². The highest BCUT2D eigenvalue weighted by molar-refractivity contribution is 6.45. The molecule has 0 spiro atoms. The fraction of sp³-hybridized carbons (Fsp3) is 0.368. The highest BCUT2D eigenvalue weighted by Gasteiger charge is 2.27. The van der Waals surface area contributed by atoms with Crippen molar-refractivity contribution in [2.24, 2.45) is 5.73 Å². The van der Waals surface area contributed by atoms with Gasteiger partial charge in [0.1, 0.15) is 6.61 Å². The number of carbonyl (C=O) groups is 2. The Bertz CT molecular complexity index is 944. The number of nitrogens with two attached hydrogens (primary N) is 1. The van der Waals surface area contributed by atoms with Crippen molar-refractivity contribution in [3.8, 4) is 0 Å². The van der Waals surface area contributed by atoms with E-state index in [1.54, 1.807) is 23.2 Å². The largest absolute Gasteiger partial charge is 0.389 e. The zero-order valence-electron chi connectivity index (χ0n) is 15.7. The van der Waals surface area contributed by atoms with Gasteiger partial charge in [-0.25, -0.2) is 0 Å². The van der Waals surface area contributed by atoms with Crippen LogP contribution < -0.4 is 16.4 Å². The third-order valence-electron chi connectivity index (χ3n) is 4.94. The highest BCUT2D eigenvalue weighted by atomic mass is 35.5. The quantitative estimate of drug-likeness (QED) is 0.312. The molecule has 0 fully saturated rings. The van der Waals surface area contributed by atoms with Crippen molar-refractivity contribution in [3.05, 3.63) is 45.2 Å². The van der Waals surface area contributed by atoms with Crippen molar-refractivity contribution < 1.29 is 14.7 Å². The predicted molar refractivity (Wildman–Crippen MR) is 113 cm³/mol. The van der Waals surface area contributed by atoms with Gasteiger partial charge in [-0.2, -0.15) is 0 Å². The Morgan fingerprint density at radius 2 is 2.14 bits per heavy atom. The zero-order chi connectivity index (χ0) is 21.0. The van der Waals surface area contributed by atoms with Crippen LogP contribution in [0.3, 0.4) is 0 Å². The van der Waals surface area contributed by atoms with Gasteiger partial charge in [-0.3, -0.25) is 9.59 Å². The Morgan fingerprint density at radius 3 is 2.86 bits per heavy atom. The van der Waals surface area contributed by atoms with E-state index in [2.05, 4.69) is 15.6 Å². The lowest BCUT2D eigenvalue weighted by Gasteiger charge is -2.27. The van der Waals surface area contributed by atoms with E-state index >= 15 is 0 Å². The van der Waals surface area contributed by atoms with Gasteiger partial charge in [0.25, 0.3) is 0 Å². The maximum atomic E-state index is 12.0. The van der Waals surface area contributed by atoms with Gasteiger partial charge in [0.15, 0.2) is 0 Å². The molecule has 10 heteroatoms. The lowest BCUT2D eigenvalue weighted by atomic mass is 9.96. The molecule has 8 nitrogen and oxygen atoms in total. The second-order valence-corrected chi connectivity index (χ2v) is 7.51. The lowest BCUT2D eigenvalue weighted by molar-refractivity contribution is -0.135. The first-order valence-electron chi connectivity index (χ1n) is 9.20. The molecule has 1 aliphatic heterocycles. The van der Waals surface area contributed by atoms with E-state index in [0.29, 0.717) is 54.6 Å². The highest BCUT2D eigenvalue weighted by Crippen LogP contribution is 2.40. The molecule has 1 aromatic heterocycles. The lowest BCUT2D eigenvalue weighted by Crippen LogP contribution is -2.37. The van der Waals surface area contributed by atoms with Gasteiger partial charge < -0.3 is 31.4 Å². The number of aliphatic hydroxyl groups excluding tert-OH is 1. The van der Waals surface area contributed by atoms with E-state index in [9.17, 15) is 14.7 Å². The Balaban J connectivity index is 1.94. The molecule has 156 valence electrons. The summed E-state index contributed by atoms with van der Waals surface area (Å²) in [5, 5.41) is 16.5. The van der Waals surface area contributed by atoms with Crippen LogP contribution in [0.25, 0.3) is 10.9 Å². The maximum Gasteiger partial charge on any atom is 0.248 e. The Kier molecular flexibility index (Phi) is 7.02. The molecule has 1 aliphatic rings. The maximum absolute atomic E-state index is 12.0. The van der Waals surface area contributed by atoms with Gasteiger partial charge in [0.05, 0.1) is 21.6 Å². The van der Waals surface area contributed by atoms with Crippen LogP contribution in [0, 0.1) is 0 Å². The van der Waals surface area contributed by atoms with Crippen molar-refractivity contribution in [3.63, 3.8) is 0 Å². The number of aromatic nitrogens is 1. The van der Waals surface area contributed by atoms with Gasteiger partial charge in [-0.1, -0.05) is 23.2 Å². The molecule has 0 bridgehead atoms. The zero-order valence-corrected chi connectivity index (χ0v) is 17.2. The van der Waals surface area contributed by atoms with Crippen molar-refractivity contribution in [1.82, 2.24) is 20.5 Å². The van der Waals surface area contributed by atoms with Gasteiger partial charge in [-0.05, 0) is 23.9 Å². The van der Waals surface area contributed by atoms with E-state index in [-0.39, 0.29) is 5.91 Å². The number of halogens is 2. The first-order chi connectivity index (χ1) is 14.0. The molecule has 3 rings (SSSR count). The number of nitrogens with zero attached hydrogens (tertiary/aromatic N) is 1. The molecule has 2 aromatic rings. The molecule has 1 aromatic carbocycles. The van der Waals surface area contributed by atoms with E-state index in [4.69, 9.17) is 28.9 Å². The number of aromatic amines is 1. The number of benzene rings is 1. The molecule has 1 atom stereocenters. The monoisotopic (exact) mass is 439 g/mol. The molecular formula is C19H23Cl2N5O3. The second-order valence-electron chi connectivity index (χ2n) is 6.73. The normalized spacial score (nSPS) is 14.8. The summed E-state index contributed by atoms with van der Waals surface area (Å²) >= 11 is 12.8. The standard InChI is InChI=1S/C19H23Cl2N5O3/c20-13-7-11(14(22)1-3-23-4-5-24-10-28)17-12-8-26(16(29)9-27)6-2-15(12)25-19(17)18(13)21/h1,3,7,10,14,23,25,27H,2,4-6,8-9,22H2,(H,24,28)/b3-1-. The second kappa shape index (κ2) is 9.49. The molecule has 2 amide bonds. The third kappa shape index (κ3) is 4.51. The number of aliphatic hydroxyl groups is 1. The van der Waals surface area contributed by atoms with Crippen LogP contribution in [0.5, 0.6) is 0 Å². The average Bonchev–Trinajstić information content (AvgIpc) is 3.11. The predicted octanol–water partition coefficient (Wildman–Crippen LogP) is 1.20. The first-order valence-corrected chi connectivity index (χ1v) is 9.96. The topological polar surface area (TPSA) is 123 Å². The van der Waals surface area contributed by atoms with Crippen LogP contribution in [0.2, 0.25) is 10.0 Å². The number of fused-ring (bicyclic) bond motifs is 3. The molecule has 0 saturated heterocycles. The van der Waals surface area contributed by atoms with Gasteiger partial charge in [-0.15, -0.1) is 0 Å². The molecule has 29 heavy (non-hydrogen) atoms. The molecule has 0 aliphatic carbocycles. The molecule has 1 unspecified atom stereocenters. The Labute approximate surface area is 178 Å². The van der Waals surface area contributed by atoms with Crippen LogP contribution in [0.15, 0.2) is 18.3 Å². The summed E-state index contributed by atoms with van der Waals surface area (Å²) in [6, 6.07) is 1.28. The Morgan fingerprint density at radius 1 is 1.38 bits per heavy atom. The smallest absolute Gasteiger partial charge is 0.248 e. The summed E-state index contributed by atoms with van der Waals surface area (Å²) in [5.74, 6) is -0.316. The number of H-pyrrole nitrogens is 1. The molecule has 0 saturated carbocycles. The Hall–Kier alpha value is -2.26. The van der Waals surface area contributed by atoms with Crippen molar-refractivity contribution >= 4 is 46.4 Å². The summed E-state index contributed by atoms with van der Waals surface area (Å²) in [6.07, 6.45) is 4.79. The number of hydrogen-bond acceptors (Lipinski definition) is 5. The first kappa shape index (κ1) is 21.4. The van der Waals surface area contributed by atoms with Crippen molar-refractivity contribution in [2.45, 2.75) is 19.0 Å². The van der Waals surface area contributed by atoms with Crippen LogP contribution in [0.4, 0.5) is 0 Å². The summed E-state index contributed by atoms with van der Waals surface area (Å²) in [6.45, 7) is 1.43. The van der Waals surface area contributed by atoms with Crippen molar-refractivity contribution in [2.75, 3.05) is 26.2 Å². The molecule has 6 N–H and O–H groups in total. The van der Waals surface area contributed by atoms with Crippen molar-refractivity contribution in [1.29, 1.82) is 0 Å². The minimum absolute atomic E-state index is 0.316. The van der Waals surface area contributed by atoms with Crippen LogP contribution in [-0.2, 0) is 22.6 Å². The number of amides is 2. The number of rotatable bonds is 8. The number of nitrogens with one attached hydrogen (secondary N) is 3. The van der Waals surface area contributed by atoms with Crippen LogP contribution in [0.1, 0.15) is 22.9 Å². The summed E-state index contributed by atoms with van der Waals surface area (Å²) in [4.78, 5) is 27.2. The summed E-state index contributed by atoms with van der Waals surface area (Å²) in [7, 11) is 0. The van der Waals surface area contributed by atoms with E-state index in [1.807, 2.05) is 0 Å². The van der Waals surface area contributed by atoms with E-state index in [1.165, 1.54) is 0 Å². The minimum atomic E-state index is -0.524. The fourth-order valence-corrected chi connectivity index (χ4v) is 3.92. The number of carbonyl (C=O) groups excluding carboxylic acids is 2. The summed E-state index contributed by atoms with van der Waals surface area (Å²) in [5.41, 5.74) is 9.81. The SMILES string of the molecule is NC(/C=C\NCCNC=O)c1cc(Cl)c(Cl)c2[nH]c3c(c12)CN(C(=O)CO)CC3. The molecule has 0 radical (unpaired) electrons. The van der Waals surface area contributed by atoms with Gasteiger partial charge in [0, 0.05) is 49.2 Å². The minimum Gasteiger partial charge on any atom is -0.389 e. The van der Waals surface area contributed by atoms with E-state index in [0.717, 1.165) is 22.2 Å². The van der Waals surface area contributed by atoms with Crippen LogP contribution in [-0.4, -0.2) is 53.5 Å². The fourth-order valence-electron chi connectivity index (χ4n) is 3.51. The number of hydrogen-bond donors (Lipinski definition) is 5. The summed E-state index contributed by atoms with van der Waals surface area (Å²) < 4.78 is 0. The molecular weight excluding hydrogens is 417 g/mol. The average molecular weight is 440 g/mol.